The molecule has 0 saturated carbocycles. The lowest BCUT2D eigenvalue weighted by Crippen LogP contribution is -2.03. The van der Waals surface area contributed by atoms with Gasteiger partial charge in [0.2, 0.25) is 0 Å². The van der Waals surface area contributed by atoms with Crippen LogP contribution in [0.3, 0.4) is 0 Å². The van der Waals surface area contributed by atoms with E-state index in [4.69, 9.17) is 16.3 Å². The highest BCUT2D eigenvalue weighted by atomic mass is 35.5. The van der Waals surface area contributed by atoms with Crippen LogP contribution < -0.4 is 0 Å². The van der Waals surface area contributed by atoms with Crippen molar-refractivity contribution in [3.05, 3.63) is 47.0 Å². The van der Waals surface area contributed by atoms with Gasteiger partial charge in [0, 0.05) is 12.3 Å². The molecule has 2 aromatic rings. The number of rotatable bonds is 3. The first kappa shape index (κ1) is 12.6. The SMILES string of the molecule is CCOC(=O)c1cnn(-c2ccc(Cl)c(F)c2)c1. The maximum atomic E-state index is 13.3. The van der Waals surface area contributed by atoms with Crippen LogP contribution in [0, 0.1) is 5.82 Å². The molecule has 0 bridgehead atoms. The smallest absolute Gasteiger partial charge is 0.341 e. The number of ether oxygens (including phenoxy) is 1. The van der Waals surface area contributed by atoms with Crippen molar-refractivity contribution in [3.8, 4) is 5.69 Å². The molecule has 0 aliphatic rings. The van der Waals surface area contributed by atoms with Gasteiger partial charge in [-0.3, -0.25) is 0 Å². The second-order valence-corrected chi connectivity index (χ2v) is 3.90. The molecule has 0 aliphatic carbocycles. The van der Waals surface area contributed by atoms with Crippen LogP contribution in [-0.4, -0.2) is 22.4 Å². The summed E-state index contributed by atoms with van der Waals surface area (Å²) in [5.41, 5.74) is 0.791. The fraction of sp³-hybridized carbons (Fsp3) is 0.167. The number of aromatic nitrogens is 2. The highest BCUT2D eigenvalue weighted by Gasteiger charge is 2.10. The van der Waals surface area contributed by atoms with E-state index in [9.17, 15) is 9.18 Å². The monoisotopic (exact) mass is 268 g/mol. The Morgan fingerprint density at radius 1 is 1.56 bits per heavy atom. The second-order valence-electron chi connectivity index (χ2n) is 3.49. The van der Waals surface area contributed by atoms with Gasteiger partial charge in [-0.25, -0.2) is 13.9 Å². The molecule has 0 fully saturated rings. The summed E-state index contributed by atoms with van der Waals surface area (Å²) in [7, 11) is 0. The summed E-state index contributed by atoms with van der Waals surface area (Å²) in [6, 6.07) is 4.27. The third-order valence-corrected chi connectivity index (χ3v) is 2.57. The van der Waals surface area contributed by atoms with E-state index in [2.05, 4.69) is 5.10 Å². The maximum absolute atomic E-state index is 13.3. The highest BCUT2D eigenvalue weighted by molar-refractivity contribution is 6.30. The van der Waals surface area contributed by atoms with Crippen molar-refractivity contribution < 1.29 is 13.9 Å². The quantitative estimate of drug-likeness (QED) is 0.804. The van der Waals surface area contributed by atoms with E-state index in [1.54, 1.807) is 13.0 Å². The molecule has 18 heavy (non-hydrogen) atoms. The molecular weight excluding hydrogens is 259 g/mol. The van der Waals surface area contributed by atoms with Crippen molar-refractivity contribution in [1.29, 1.82) is 0 Å². The lowest BCUT2D eigenvalue weighted by atomic mass is 10.3. The van der Waals surface area contributed by atoms with Gasteiger partial charge in [-0.2, -0.15) is 5.10 Å². The molecule has 0 aliphatic heterocycles. The number of hydrogen-bond donors (Lipinski definition) is 0. The van der Waals surface area contributed by atoms with Crippen LogP contribution in [-0.2, 0) is 4.74 Å². The van der Waals surface area contributed by atoms with E-state index in [1.165, 1.54) is 29.2 Å². The van der Waals surface area contributed by atoms with Crippen molar-refractivity contribution in [2.24, 2.45) is 0 Å². The van der Waals surface area contributed by atoms with Crippen LogP contribution in [0.4, 0.5) is 4.39 Å². The number of esters is 1. The molecule has 1 heterocycles. The number of nitrogens with zero attached hydrogens (tertiary/aromatic N) is 2. The molecule has 6 heteroatoms. The Kier molecular flexibility index (Phi) is 3.62. The van der Waals surface area contributed by atoms with Gasteiger partial charge in [-0.15, -0.1) is 0 Å². The summed E-state index contributed by atoms with van der Waals surface area (Å²) in [5, 5.41) is 4.01. The largest absolute Gasteiger partial charge is 0.462 e. The van der Waals surface area contributed by atoms with E-state index in [-0.39, 0.29) is 5.02 Å². The number of benzene rings is 1. The zero-order valence-corrected chi connectivity index (χ0v) is 10.3. The van der Waals surface area contributed by atoms with Crippen LogP contribution in [0.25, 0.3) is 5.69 Å². The van der Waals surface area contributed by atoms with Crippen molar-refractivity contribution >= 4 is 17.6 Å². The Morgan fingerprint density at radius 3 is 3.00 bits per heavy atom. The van der Waals surface area contributed by atoms with Gasteiger partial charge in [0.15, 0.2) is 0 Å². The molecule has 0 radical (unpaired) electrons. The summed E-state index contributed by atoms with van der Waals surface area (Å²) < 4.78 is 19.5. The number of carbonyl (C=O) groups excluding carboxylic acids is 1. The third-order valence-electron chi connectivity index (χ3n) is 2.26. The van der Waals surface area contributed by atoms with Crippen LogP contribution in [0.2, 0.25) is 5.02 Å². The Bertz CT molecular complexity index is 583. The standard InChI is InChI=1S/C12H10ClFN2O2/c1-2-18-12(17)8-6-15-16(7-8)9-3-4-10(13)11(14)5-9/h3-7H,2H2,1H3. The highest BCUT2D eigenvalue weighted by Crippen LogP contribution is 2.18. The maximum Gasteiger partial charge on any atom is 0.341 e. The van der Waals surface area contributed by atoms with E-state index >= 15 is 0 Å². The Labute approximate surface area is 108 Å². The Hall–Kier alpha value is -1.88. The van der Waals surface area contributed by atoms with Crippen LogP contribution in [0.5, 0.6) is 0 Å². The fourth-order valence-corrected chi connectivity index (χ4v) is 1.53. The summed E-state index contributed by atoms with van der Waals surface area (Å²) in [6.45, 7) is 2.01. The molecule has 2 rings (SSSR count). The molecule has 0 spiro atoms. The van der Waals surface area contributed by atoms with Gasteiger partial charge >= 0.3 is 5.97 Å². The lowest BCUT2D eigenvalue weighted by Gasteiger charge is -2.02. The van der Waals surface area contributed by atoms with Crippen LogP contribution in [0.15, 0.2) is 30.6 Å². The summed E-state index contributed by atoms with van der Waals surface area (Å²) >= 11 is 5.59. The molecule has 94 valence electrons. The molecule has 0 amide bonds. The van der Waals surface area contributed by atoms with Crippen molar-refractivity contribution in [2.45, 2.75) is 6.92 Å². The first-order chi connectivity index (χ1) is 8.61. The van der Waals surface area contributed by atoms with Crippen LogP contribution in [0.1, 0.15) is 17.3 Å². The van der Waals surface area contributed by atoms with Crippen molar-refractivity contribution in [1.82, 2.24) is 9.78 Å². The molecule has 0 saturated heterocycles. The predicted octanol–water partition coefficient (Wildman–Crippen LogP) is 2.84. The van der Waals surface area contributed by atoms with E-state index in [0.29, 0.717) is 17.9 Å². The van der Waals surface area contributed by atoms with Gasteiger partial charge < -0.3 is 4.74 Å². The van der Waals surface area contributed by atoms with Crippen molar-refractivity contribution in [2.75, 3.05) is 6.61 Å². The average molecular weight is 269 g/mol. The van der Waals surface area contributed by atoms with Crippen LogP contribution >= 0.6 is 11.6 Å². The number of carbonyl (C=O) groups is 1. The molecule has 0 unspecified atom stereocenters. The second kappa shape index (κ2) is 5.18. The third kappa shape index (κ3) is 2.51. The van der Waals surface area contributed by atoms with Gasteiger partial charge in [0.1, 0.15) is 5.82 Å². The lowest BCUT2D eigenvalue weighted by molar-refractivity contribution is 0.0526. The zero-order valence-electron chi connectivity index (χ0n) is 9.56. The minimum atomic E-state index is -0.539. The fourth-order valence-electron chi connectivity index (χ4n) is 1.41. The number of hydrogen-bond acceptors (Lipinski definition) is 3. The minimum absolute atomic E-state index is 0.0384. The molecule has 0 N–H and O–H groups in total. The molecular formula is C12H10ClFN2O2. The predicted molar refractivity (Wildman–Crippen MR) is 64.5 cm³/mol. The number of halogens is 2. The average Bonchev–Trinajstić information content (AvgIpc) is 2.82. The minimum Gasteiger partial charge on any atom is -0.462 e. The van der Waals surface area contributed by atoms with E-state index in [0.717, 1.165) is 0 Å². The normalized spacial score (nSPS) is 10.4. The molecule has 0 atom stereocenters. The van der Waals surface area contributed by atoms with Gasteiger partial charge in [0.05, 0.1) is 29.1 Å². The van der Waals surface area contributed by atoms with Gasteiger partial charge in [0.25, 0.3) is 0 Å². The summed E-state index contributed by atoms with van der Waals surface area (Å²) in [6.07, 6.45) is 2.84. The summed E-state index contributed by atoms with van der Waals surface area (Å²) in [4.78, 5) is 11.4. The molecule has 1 aromatic carbocycles. The molecule has 1 aromatic heterocycles. The van der Waals surface area contributed by atoms with Crippen molar-refractivity contribution in [3.63, 3.8) is 0 Å². The van der Waals surface area contributed by atoms with E-state index in [1.807, 2.05) is 0 Å². The first-order valence-electron chi connectivity index (χ1n) is 5.29. The Morgan fingerprint density at radius 2 is 2.33 bits per heavy atom. The van der Waals surface area contributed by atoms with E-state index < -0.39 is 11.8 Å². The van der Waals surface area contributed by atoms with Gasteiger partial charge in [-0.05, 0) is 19.1 Å². The zero-order chi connectivity index (χ0) is 13.1. The molecule has 4 nitrogen and oxygen atoms in total. The van der Waals surface area contributed by atoms with Gasteiger partial charge in [-0.1, -0.05) is 11.6 Å². The summed E-state index contributed by atoms with van der Waals surface area (Å²) in [5.74, 6) is -1.000. The topological polar surface area (TPSA) is 44.1 Å². The first-order valence-corrected chi connectivity index (χ1v) is 5.67. The Balaban J connectivity index is 2.29.